The molecule has 0 saturated carbocycles. The Bertz CT molecular complexity index is 445. The molecule has 0 atom stereocenters. The number of likely N-dealkylation sites (N-methyl/N-ethyl adjacent to an activating group) is 2. The molecule has 22 heavy (non-hydrogen) atoms. The second-order valence-corrected chi connectivity index (χ2v) is 5.03. The number of hydrogen-bond donors (Lipinski definition) is 3. The van der Waals surface area contributed by atoms with E-state index < -0.39 is 0 Å². The molecular weight excluding hydrogens is 282 g/mol. The molecule has 0 radical (unpaired) electrons. The van der Waals surface area contributed by atoms with E-state index >= 15 is 0 Å². The van der Waals surface area contributed by atoms with Gasteiger partial charge in [0, 0.05) is 19.5 Å². The van der Waals surface area contributed by atoms with E-state index in [1.54, 1.807) is 0 Å². The van der Waals surface area contributed by atoms with E-state index in [9.17, 15) is 9.59 Å². The zero-order valence-electron chi connectivity index (χ0n) is 13.2. The standard InChI is InChI=1S/C16H25N3O3/c1-17-10-14(11-18-2)19-15(20)8-9-16(21)22-12-13-6-4-3-5-7-13/h3-7,14,17-18H,8-12H2,1-2H3,(H,19,20). The molecule has 0 aromatic heterocycles. The lowest BCUT2D eigenvalue weighted by Gasteiger charge is -2.17. The van der Waals surface area contributed by atoms with Crippen molar-refractivity contribution < 1.29 is 14.3 Å². The summed E-state index contributed by atoms with van der Waals surface area (Å²) in [5, 5.41) is 8.91. The van der Waals surface area contributed by atoms with Crippen molar-refractivity contribution in [2.75, 3.05) is 27.2 Å². The van der Waals surface area contributed by atoms with Crippen LogP contribution in [0.3, 0.4) is 0 Å². The van der Waals surface area contributed by atoms with Crippen molar-refractivity contribution in [3.05, 3.63) is 35.9 Å². The van der Waals surface area contributed by atoms with Crippen molar-refractivity contribution in [1.82, 2.24) is 16.0 Å². The topological polar surface area (TPSA) is 79.5 Å². The van der Waals surface area contributed by atoms with Crippen molar-refractivity contribution in [3.63, 3.8) is 0 Å². The number of carbonyl (C=O) groups excluding carboxylic acids is 2. The van der Waals surface area contributed by atoms with Gasteiger partial charge >= 0.3 is 5.97 Å². The van der Waals surface area contributed by atoms with Gasteiger partial charge in [0.15, 0.2) is 0 Å². The summed E-state index contributed by atoms with van der Waals surface area (Å²) in [5.41, 5.74) is 0.934. The largest absolute Gasteiger partial charge is 0.461 e. The summed E-state index contributed by atoms with van der Waals surface area (Å²) >= 11 is 0. The van der Waals surface area contributed by atoms with Gasteiger partial charge in [0.1, 0.15) is 6.61 Å². The SMILES string of the molecule is CNCC(CNC)NC(=O)CCC(=O)OCc1ccccc1. The molecule has 0 aliphatic heterocycles. The van der Waals surface area contributed by atoms with Crippen LogP contribution in [-0.4, -0.2) is 45.1 Å². The first kappa shape index (κ1) is 18.1. The lowest BCUT2D eigenvalue weighted by molar-refractivity contribution is -0.146. The first-order valence-electron chi connectivity index (χ1n) is 7.43. The first-order valence-corrected chi connectivity index (χ1v) is 7.43. The summed E-state index contributed by atoms with van der Waals surface area (Å²) in [6.45, 7) is 1.58. The molecule has 0 aliphatic carbocycles. The number of rotatable bonds is 10. The zero-order valence-corrected chi connectivity index (χ0v) is 13.2. The third kappa shape index (κ3) is 7.75. The summed E-state index contributed by atoms with van der Waals surface area (Å²) in [6, 6.07) is 9.46. The molecule has 0 fully saturated rings. The Kier molecular flexibility index (Phi) is 8.86. The van der Waals surface area contributed by atoms with E-state index in [4.69, 9.17) is 4.74 Å². The van der Waals surface area contributed by atoms with Gasteiger partial charge in [0.25, 0.3) is 0 Å². The van der Waals surface area contributed by atoms with Gasteiger partial charge < -0.3 is 20.7 Å². The molecule has 6 heteroatoms. The molecule has 0 aliphatic rings. The highest BCUT2D eigenvalue weighted by molar-refractivity contribution is 5.81. The predicted molar refractivity (Wildman–Crippen MR) is 85.3 cm³/mol. The van der Waals surface area contributed by atoms with E-state index in [0.717, 1.165) is 5.56 Å². The first-order chi connectivity index (χ1) is 10.7. The van der Waals surface area contributed by atoms with Crippen LogP contribution in [0, 0.1) is 0 Å². The minimum atomic E-state index is -0.363. The maximum absolute atomic E-state index is 11.8. The molecular formula is C16H25N3O3. The second kappa shape index (κ2) is 10.8. The molecule has 122 valence electrons. The van der Waals surface area contributed by atoms with Crippen LogP contribution in [0.25, 0.3) is 0 Å². The van der Waals surface area contributed by atoms with E-state index in [2.05, 4.69) is 16.0 Å². The maximum atomic E-state index is 11.8. The number of ether oxygens (including phenoxy) is 1. The maximum Gasteiger partial charge on any atom is 0.306 e. The fourth-order valence-corrected chi connectivity index (χ4v) is 1.99. The summed E-state index contributed by atoms with van der Waals surface area (Å²) in [4.78, 5) is 23.4. The highest BCUT2D eigenvalue weighted by Crippen LogP contribution is 2.02. The molecule has 1 amide bonds. The molecule has 0 spiro atoms. The van der Waals surface area contributed by atoms with Crippen LogP contribution in [0.2, 0.25) is 0 Å². The summed E-state index contributed by atoms with van der Waals surface area (Å²) in [6.07, 6.45) is 0.224. The van der Waals surface area contributed by atoms with Gasteiger partial charge in [-0.25, -0.2) is 0 Å². The van der Waals surface area contributed by atoms with E-state index in [1.807, 2.05) is 44.4 Å². The Labute approximate surface area is 131 Å². The second-order valence-electron chi connectivity index (χ2n) is 5.03. The molecule has 3 N–H and O–H groups in total. The van der Waals surface area contributed by atoms with Crippen LogP contribution in [-0.2, 0) is 20.9 Å². The number of hydrogen-bond acceptors (Lipinski definition) is 5. The van der Waals surface area contributed by atoms with Crippen molar-refractivity contribution >= 4 is 11.9 Å². The molecule has 0 bridgehead atoms. The van der Waals surface area contributed by atoms with E-state index in [-0.39, 0.29) is 37.4 Å². The van der Waals surface area contributed by atoms with Gasteiger partial charge in [-0.3, -0.25) is 9.59 Å². The third-order valence-electron chi connectivity index (χ3n) is 3.06. The highest BCUT2D eigenvalue weighted by Gasteiger charge is 2.12. The number of amides is 1. The Morgan fingerprint density at radius 1 is 1.05 bits per heavy atom. The molecule has 0 saturated heterocycles. The van der Waals surface area contributed by atoms with Crippen LogP contribution in [0.5, 0.6) is 0 Å². The van der Waals surface area contributed by atoms with Crippen LogP contribution in [0.1, 0.15) is 18.4 Å². The number of nitrogens with one attached hydrogen (secondary N) is 3. The Morgan fingerprint density at radius 2 is 1.68 bits per heavy atom. The third-order valence-corrected chi connectivity index (χ3v) is 3.06. The zero-order chi connectivity index (χ0) is 16.2. The van der Waals surface area contributed by atoms with E-state index in [0.29, 0.717) is 13.1 Å². The Morgan fingerprint density at radius 3 is 2.27 bits per heavy atom. The lowest BCUT2D eigenvalue weighted by Crippen LogP contribution is -2.46. The predicted octanol–water partition coefficient (Wildman–Crippen LogP) is 0.434. The highest BCUT2D eigenvalue weighted by atomic mass is 16.5. The van der Waals surface area contributed by atoms with Crippen molar-refractivity contribution in [2.45, 2.75) is 25.5 Å². The molecule has 1 rings (SSSR count). The molecule has 6 nitrogen and oxygen atoms in total. The quantitative estimate of drug-likeness (QED) is 0.547. The van der Waals surface area contributed by atoms with Crippen molar-refractivity contribution in [1.29, 1.82) is 0 Å². The van der Waals surface area contributed by atoms with Crippen LogP contribution >= 0.6 is 0 Å². The van der Waals surface area contributed by atoms with Crippen molar-refractivity contribution in [3.8, 4) is 0 Å². The minimum absolute atomic E-state index is 0.00263. The summed E-state index contributed by atoms with van der Waals surface area (Å²) < 4.78 is 5.13. The number of benzene rings is 1. The lowest BCUT2D eigenvalue weighted by atomic mass is 10.2. The van der Waals surface area contributed by atoms with Crippen LogP contribution in [0.4, 0.5) is 0 Å². The van der Waals surface area contributed by atoms with Gasteiger partial charge in [-0.1, -0.05) is 30.3 Å². The molecule has 0 unspecified atom stereocenters. The Hall–Kier alpha value is -1.92. The Balaban J connectivity index is 2.23. The fraction of sp³-hybridized carbons (Fsp3) is 0.500. The normalized spacial score (nSPS) is 10.5. The fourth-order valence-electron chi connectivity index (χ4n) is 1.99. The summed E-state index contributed by atoms with van der Waals surface area (Å²) in [5.74, 6) is -0.509. The average molecular weight is 307 g/mol. The van der Waals surface area contributed by atoms with E-state index in [1.165, 1.54) is 0 Å². The van der Waals surface area contributed by atoms with Crippen LogP contribution in [0.15, 0.2) is 30.3 Å². The van der Waals surface area contributed by atoms with Crippen LogP contribution < -0.4 is 16.0 Å². The van der Waals surface area contributed by atoms with Gasteiger partial charge in [-0.15, -0.1) is 0 Å². The minimum Gasteiger partial charge on any atom is -0.461 e. The number of carbonyl (C=O) groups is 2. The average Bonchev–Trinajstić information content (AvgIpc) is 2.52. The van der Waals surface area contributed by atoms with Gasteiger partial charge in [0.05, 0.1) is 12.5 Å². The van der Waals surface area contributed by atoms with Gasteiger partial charge in [-0.2, -0.15) is 0 Å². The monoisotopic (exact) mass is 307 g/mol. The smallest absolute Gasteiger partial charge is 0.306 e. The van der Waals surface area contributed by atoms with Gasteiger partial charge in [-0.05, 0) is 19.7 Å². The molecule has 0 heterocycles. The van der Waals surface area contributed by atoms with Crippen molar-refractivity contribution in [2.24, 2.45) is 0 Å². The molecule has 1 aromatic carbocycles. The molecule has 1 aromatic rings. The summed E-state index contributed by atoms with van der Waals surface area (Å²) in [7, 11) is 3.66. The van der Waals surface area contributed by atoms with Gasteiger partial charge in [0.2, 0.25) is 5.91 Å². The number of esters is 1.